The molecule has 0 radical (unpaired) electrons. The van der Waals surface area contributed by atoms with Crippen molar-refractivity contribution in [1.82, 2.24) is 5.32 Å². The normalized spacial score (nSPS) is 11.8. The zero-order valence-electron chi connectivity index (χ0n) is 8.55. The van der Waals surface area contributed by atoms with E-state index in [-0.39, 0.29) is 17.7 Å². The van der Waals surface area contributed by atoms with E-state index in [0.717, 1.165) is 0 Å². The number of carbonyl (C=O) groups is 1. The topological polar surface area (TPSA) is 55.1 Å². The number of nitrogens with one attached hydrogen (secondary N) is 1. The highest BCUT2D eigenvalue weighted by atomic mass is 16.1. The summed E-state index contributed by atoms with van der Waals surface area (Å²) in [6.07, 6.45) is 0. The predicted molar refractivity (Wildman–Crippen MR) is 53.8 cm³/mol. The SMILES string of the molecule is CC#CCNC(=O)C(CN)C(C)C. The van der Waals surface area contributed by atoms with Gasteiger partial charge in [0.05, 0.1) is 12.5 Å². The summed E-state index contributed by atoms with van der Waals surface area (Å²) in [5.74, 6) is 5.67. The van der Waals surface area contributed by atoms with Crippen LogP contribution in [0.2, 0.25) is 0 Å². The van der Waals surface area contributed by atoms with Crippen molar-refractivity contribution in [2.45, 2.75) is 20.8 Å². The molecule has 0 spiro atoms. The summed E-state index contributed by atoms with van der Waals surface area (Å²) in [6, 6.07) is 0. The van der Waals surface area contributed by atoms with Crippen LogP contribution >= 0.6 is 0 Å². The van der Waals surface area contributed by atoms with E-state index in [1.807, 2.05) is 13.8 Å². The van der Waals surface area contributed by atoms with Crippen molar-refractivity contribution in [2.75, 3.05) is 13.1 Å². The Kier molecular flexibility index (Phi) is 5.99. The molecule has 13 heavy (non-hydrogen) atoms. The van der Waals surface area contributed by atoms with Gasteiger partial charge in [-0.25, -0.2) is 0 Å². The van der Waals surface area contributed by atoms with Gasteiger partial charge in [-0.1, -0.05) is 19.8 Å². The molecule has 0 bridgehead atoms. The number of amides is 1. The van der Waals surface area contributed by atoms with Gasteiger partial charge in [-0.05, 0) is 12.8 Å². The minimum absolute atomic E-state index is 0.000231. The van der Waals surface area contributed by atoms with E-state index in [1.165, 1.54) is 0 Å². The molecule has 0 heterocycles. The highest BCUT2D eigenvalue weighted by Gasteiger charge is 2.19. The van der Waals surface area contributed by atoms with Crippen LogP contribution in [0.3, 0.4) is 0 Å². The quantitative estimate of drug-likeness (QED) is 0.617. The summed E-state index contributed by atoms with van der Waals surface area (Å²) in [5.41, 5.74) is 5.48. The van der Waals surface area contributed by atoms with Gasteiger partial charge in [-0.15, -0.1) is 5.92 Å². The Labute approximate surface area is 80.1 Å². The second-order valence-electron chi connectivity index (χ2n) is 3.23. The summed E-state index contributed by atoms with van der Waals surface area (Å²) in [5, 5.41) is 2.72. The number of nitrogens with two attached hydrogens (primary N) is 1. The minimum atomic E-state index is -0.0985. The van der Waals surface area contributed by atoms with E-state index in [0.29, 0.717) is 13.1 Å². The molecule has 1 unspecified atom stereocenters. The smallest absolute Gasteiger partial charge is 0.225 e. The highest BCUT2D eigenvalue weighted by Crippen LogP contribution is 2.08. The van der Waals surface area contributed by atoms with Crippen LogP contribution in [-0.4, -0.2) is 19.0 Å². The molecule has 0 aliphatic rings. The number of carbonyl (C=O) groups excluding carboxylic acids is 1. The zero-order valence-corrected chi connectivity index (χ0v) is 8.55. The van der Waals surface area contributed by atoms with Crippen LogP contribution in [0.5, 0.6) is 0 Å². The second kappa shape index (κ2) is 6.50. The van der Waals surface area contributed by atoms with Crippen LogP contribution in [0.4, 0.5) is 0 Å². The van der Waals surface area contributed by atoms with Crippen LogP contribution < -0.4 is 11.1 Å². The Morgan fingerprint density at radius 3 is 2.54 bits per heavy atom. The van der Waals surface area contributed by atoms with Crippen molar-refractivity contribution < 1.29 is 4.79 Å². The van der Waals surface area contributed by atoms with Gasteiger partial charge < -0.3 is 11.1 Å². The average Bonchev–Trinajstić information content (AvgIpc) is 2.05. The Hall–Kier alpha value is -1.01. The first-order chi connectivity index (χ1) is 6.13. The maximum atomic E-state index is 11.4. The molecule has 0 aliphatic heterocycles. The summed E-state index contributed by atoms with van der Waals surface area (Å²) in [4.78, 5) is 11.4. The Morgan fingerprint density at radius 2 is 2.15 bits per heavy atom. The molecule has 3 nitrogen and oxygen atoms in total. The minimum Gasteiger partial charge on any atom is -0.345 e. The number of hydrogen-bond acceptors (Lipinski definition) is 2. The van der Waals surface area contributed by atoms with E-state index in [1.54, 1.807) is 6.92 Å². The molecule has 3 N–H and O–H groups in total. The maximum absolute atomic E-state index is 11.4. The van der Waals surface area contributed by atoms with E-state index in [2.05, 4.69) is 17.2 Å². The summed E-state index contributed by atoms with van der Waals surface area (Å²) >= 11 is 0. The maximum Gasteiger partial charge on any atom is 0.225 e. The lowest BCUT2D eigenvalue weighted by molar-refractivity contribution is -0.125. The van der Waals surface area contributed by atoms with Gasteiger partial charge in [-0.2, -0.15) is 0 Å². The van der Waals surface area contributed by atoms with Crippen molar-refractivity contribution >= 4 is 5.91 Å². The molecule has 0 saturated carbocycles. The number of hydrogen-bond donors (Lipinski definition) is 2. The van der Waals surface area contributed by atoms with E-state index >= 15 is 0 Å². The lowest BCUT2D eigenvalue weighted by Crippen LogP contribution is -2.38. The lowest BCUT2D eigenvalue weighted by Gasteiger charge is -2.17. The van der Waals surface area contributed by atoms with Gasteiger partial charge in [0.25, 0.3) is 0 Å². The number of rotatable bonds is 4. The fourth-order valence-electron chi connectivity index (χ4n) is 1.03. The Bertz CT molecular complexity index is 213. The second-order valence-corrected chi connectivity index (χ2v) is 3.23. The van der Waals surface area contributed by atoms with Crippen molar-refractivity contribution in [3.05, 3.63) is 0 Å². The molecule has 1 amide bonds. The highest BCUT2D eigenvalue weighted by molar-refractivity contribution is 5.79. The van der Waals surface area contributed by atoms with Gasteiger partial charge in [0.1, 0.15) is 0 Å². The largest absolute Gasteiger partial charge is 0.345 e. The monoisotopic (exact) mass is 182 g/mol. The molecule has 0 aliphatic carbocycles. The average molecular weight is 182 g/mol. The van der Waals surface area contributed by atoms with Crippen LogP contribution in [0.1, 0.15) is 20.8 Å². The zero-order chi connectivity index (χ0) is 10.3. The third kappa shape index (κ3) is 4.54. The molecular weight excluding hydrogens is 164 g/mol. The predicted octanol–water partition coefficient (Wildman–Crippen LogP) is 0.357. The van der Waals surface area contributed by atoms with Gasteiger partial charge in [-0.3, -0.25) is 4.79 Å². The Balaban J connectivity index is 3.96. The standard InChI is InChI=1S/C10H18N2O/c1-4-5-6-12-10(13)9(7-11)8(2)3/h8-9H,6-7,11H2,1-3H3,(H,12,13). The van der Waals surface area contributed by atoms with Crippen LogP contribution in [0.15, 0.2) is 0 Å². The fraction of sp³-hybridized carbons (Fsp3) is 0.700. The van der Waals surface area contributed by atoms with E-state index in [9.17, 15) is 4.79 Å². The van der Waals surface area contributed by atoms with Crippen LogP contribution in [-0.2, 0) is 4.79 Å². The molecule has 1 atom stereocenters. The van der Waals surface area contributed by atoms with E-state index < -0.39 is 0 Å². The summed E-state index contributed by atoms with van der Waals surface area (Å²) in [7, 11) is 0. The first kappa shape index (κ1) is 12.0. The molecule has 0 saturated heterocycles. The molecule has 74 valence electrons. The van der Waals surface area contributed by atoms with Crippen molar-refractivity contribution in [3.8, 4) is 11.8 Å². The molecule has 0 aromatic carbocycles. The third-order valence-electron chi connectivity index (χ3n) is 1.92. The molecule has 0 aromatic heterocycles. The molecule has 0 rings (SSSR count). The van der Waals surface area contributed by atoms with Crippen molar-refractivity contribution in [2.24, 2.45) is 17.6 Å². The third-order valence-corrected chi connectivity index (χ3v) is 1.92. The van der Waals surface area contributed by atoms with Crippen molar-refractivity contribution in [3.63, 3.8) is 0 Å². The lowest BCUT2D eigenvalue weighted by atomic mass is 9.95. The summed E-state index contributed by atoms with van der Waals surface area (Å²) in [6.45, 7) is 6.53. The molecular formula is C10H18N2O. The van der Waals surface area contributed by atoms with Crippen molar-refractivity contribution in [1.29, 1.82) is 0 Å². The summed E-state index contributed by atoms with van der Waals surface area (Å²) < 4.78 is 0. The van der Waals surface area contributed by atoms with Gasteiger partial charge in [0.2, 0.25) is 5.91 Å². The molecule has 0 fully saturated rings. The van der Waals surface area contributed by atoms with Crippen LogP contribution in [0, 0.1) is 23.7 Å². The van der Waals surface area contributed by atoms with Gasteiger partial charge in [0.15, 0.2) is 0 Å². The van der Waals surface area contributed by atoms with Gasteiger partial charge >= 0.3 is 0 Å². The van der Waals surface area contributed by atoms with E-state index in [4.69, 9.17) is 5.73 Å². The molecule has 0 aromatic rings. The first-order valence-electron chi connectivity index (χ1n) is 4.50. The van der Waals surface area contributed by atoms with Crippen LogP contribution in [0.25, 0.3) is 0 Å². The molecule has 3 heteroatoms. The van der Waals surface area contributed by atoms with Gasteiger partial charge in [0, 0.05) is 6.54 Å². The first-order valence-corrected chi connectivity index (χ1v) is 4.50. The Morgan fingerprint density at radius 1 is 1.54 bits per heavy atom. The fourth-order valence-corrected chi connectivity index (χ4v) is 1.03.